The molecule has 0 saturated heterocycles. The maximum Gasteiger partial charge on any atom is 0.403 e. The number of ether oxygens (including phenoxy) is 1. The van der Waals surface area contributed by atoms with Crippen molar-refractivity contribution in [2.45, 2.75) is 24.1 Å². The van der Waals surface area contributed by atoms with Gasteiger partial charge in [0.2, 0.25) is 0 Å². The Balaban J connectivity index is 0.000000538. The number of carbonyl (C=O) groups is 2. The van der Waals surface area contributed by atoms with Gasteiger partial charge in [-0.15, -0.1) is 0 Å². The second-order valence-corrected chi connectivity index (χ2v) is 10.1. The normalized spacial score (nSPS) is 11.6. The van der Waals surface area contributed by atoms with Gasteiger partial charge in [-0.3, -0.25) is 0 Å². The molecule has 0 spiro atoms. The van der Waals surface area contributed by atoms with E-state index in [9.17, 15) is 24.4 Å². The first-order valence-corrected chi connectivity index (χ1v) is 13.1. The molecule has 1 atom stereocenters. The SMILES string of the molecule is CCOC(=O)Cl.Cn1c(C[S+]([O-])c2ccccc2)c(C(=O)O)c2c(Cn3ccnc3)c(O)c(Br)cc21. The highest BCUT2D eigenvalue weighted by molar-refractivity contribution is 9.10. The third kappa shape index (κ3) is 6.22. The number of aryl methyl sites for hydroxylation is 1. The summed E-state index contributed by atoms with van der Waals surface area (Å²) < 4.78 is 21.0. The molecule has 1 unspecified atom stereocenters. The van der Waals surface area contributed by atoms with E-state index in [1.165, 1.54) is 0 Å². The minimum atomic E-state index is -1.42. The zero-order valence-corrected chi connectivity index (χ0v) is 22.5. The fourth-order valence-corrected chi connectivity index (χ4v) is 5.47. The number of phenolic OH excluding ortho intramolecular Hbond substituents is 1. The van der Waals surface area contributed by atoms with Crippen LogP contribution in [0.2, 0.25) is 0 Å². The maximum absolute atomic E-state index is 12.9. The summed E-state index contributed by atoms with van der Waals surface area (Å²) in [4.78, 5) is 26.5. The van der Waals surface area contributed by atoms with E-state index in [1.807, 2.05) is 6.07 Å². The highest BCUT2D eigenvalue weighted by Crippen LogP contribution is 2.40. The smallest absolute Gasteiger partial charge is 0.403 e. The molecule has 12 heteroatoms. The van der Waals surface area contributed by atoms with Crippen LogP contribution in [-0.2, 0) is 35.3 Å². The lowest BCUT2D eigenvalue weighted by Crippen LogP contribution is -2.12. The largest absolute Gasteiger partial charge is 0.611 e. The quantitative estimate of drug-likeness (QED) is 0.219. The summed E-state index contributed by atoms with van der Waals surface area (Å²) in [5.41, 5.74) is 0.839. The number of rotatable bonds is 7. The van der Waals surface area contributed by atoms with E-state index < -0.39 is 22.6 Å². The first kappa shape index (κ1) is 27.6. The van der Waals surface area contributed by atoms with Crippen molar-refractivity contribution in [3.8, 4) is 5.75 Å². The number of phenols is 1. The highest BCUT2D eigenvalue weighted by atomic mass is 79.9. The number of carbonyl (C=O) groups excluding carboxylic acids is 1. The van der Waals surface area contributed by atoms with Crippen LogP contribution in [0.3, 0.4) is 0 Å². The minimum absolute atomic E-state index is 0.0277. The topological polar surface area (TPSA) is 130 Å². The Hall–Kier alpha value is -2.99. The third-order valence-electron chi connectivity index (χ3n) is 5.28. The van der Waals surface area contributed by atoms with Gasteiger partial charge in [0.1, 0.15) is 5.75 Å². The van der Waals surface area contributed by atoms with Gasteiger partial charge in [-0.05, 0) is 52.2 Å². The number of aromatic carboxylic acids is 1. The van der Waals surface area contributed by atoms with Gasteiger partial charge in [0.05, 0.1) is 40.7 Å². The van der Waals surface area contributed by atoms with Gasteiger partial charge in [0, 0.05) is 42.0 Å². The molecule has 36 heavy (non-hydrogen) atoms. The van der Waals surface area contributed by atoms with Crippen LogP contribution in [0.4, 0.5) is 4.79 Å². The molecular formula is C24H23BrClN3O6S. The Morgan fingerprint density at radius 3 is 2.50 bits per heavy atom. The van der Waals surface area contributed by atoms with Gasteiger partial charge in [0.15, 0.2) is 10.6 Å². The van der Waals surface area contributed by atoms with Crippen molar-refractivity contribution in [1.82, 2.24) is 14.1 Å². The van der Waals surface area contributed by atoms with E-state index in [-0.39, 0.29) is 23.6 Å². The molecule has 2 aromatic heterocycles. The fourth-order valence-electron chi connectivity index (χ4n) is 3.69. The molecule has 0 aliphatic carbocycles. The number of aromatic nitrogens is 3. The second kappa shape index (κ2) is 12.3. The molecule has 0 amide bonds. The average molecular weight is 597 g/mol. The zero-order valence-electron chi connectivity index (χ0n) is 19.4. The molecule has 190 valence electrons. The van der Waals surface area contributed by atoms with Crippen LogP contribution >= 0.6 is 27.5 Å². The summed E-state index contributed by atoms with van der Waals surface area (Å²) in [6.07, 6.45) is 4.95. The number of carboxylic acids is 1. The summed E-state index contributed by atoms with van der Waals surface area (Å²) in [6, 6.07) is 10.6. The van der Waals surface area contributed by atoms with Gasteiger partial charge in [0.25, 0.3) is 0 Å². The van der Waals surface area contributed by atoms with Crippen LogP contribution in [0.25, 0.3) is 10.9 Å². The second-order valence-electron chi connectivity index (χ2n) is 7.47. The Morgan fingerprint density at radius 1 is 1.28 bits per heavy atom. The monoisotopic (exact) mass is 595 g/mol. The third-order valence-corrected chi connectivity index (χ3v) is 7.33. The van der Waals surface area contributed by atoms with Crippen LogP contribution in [0.15, 0.2) is 64.5 Å². The zero-order chi connectivity index (χ0) is 26.4. The molecule has 4 aromatic rings. The van der Waals surface area contributed by atoms with Crippen molar-refractivity contribution in [3.63, 3.8) is 0 Å². The molecular weight excluding hydrogens is 574 g/mol. The van der Waals surface area contributed by atoms with Crippen molar-refractivity contribution in [1.29, 1.82) is 0 Å². The molecule has 0 fully saturated rings. The van der Waals surface area contributed by atoms with Crippen LogP contribution in [0.5, 0.6) is 5.75 Å². The summed E-state index contributed by atoms with van der Waals surface area (Å²) in [7, 11) is 1.75. The lowest BCUT2D eigenvalue weighted by molar-refractivity contribution is 0.0697. The Kier molecular flexibility index (Phi) is 9.43. The van der Waals surface area contributed by atoms with E-state index in [0.717, 1.165) is 0 Å². The number of benzene rings is 2. The maximum atomic E-state index is 12.9. The Bertz CT molecular complexity index is 1360. The number of aromatic hydroxyl groups is 1. The van der Waals surface area contributed by atoms with E-state index >= 15 is 0 Å². The summed E-state index contributed by atoms with van der Waals surface area (Å²) >= 11 is 6.66. The van der Waals surface area contributed by atoms with Gasteiger partial charge < -0.3 is 28.6 Å². The summed E-state index contributed by atoms with van der Waals surface area (Å²) in [5.74, 6) is -1.12. The molecule has 4 rings (SSSR count). The lowest BCUT2D eigenvalue weighted by Gasteiger charge is -2.12. The van der Waals surface area contributed by atoms with Crippen LogP contribution in [0.1, 0.15) is 28.5 Å². The van der Waals surface area contributed by atoms with Gasteiger partial charge >= 0.3 is 11.4 Å². The molecule has 0 aliphatic rings. The first-order chi connectivity index (χ1) is 17.1. The Labute approximate surface area is 223 Å². The molecule has 0 bridgehead atoms. The van der Waals surface area contributed by atoms with Gasteiger partial charge in [-0.25, -0.2) is 14.6 Å². The van der Waals surface area contributed by atoms with Crippen LogP contribution in [0, 0.1) is 0 Å². The number of halogens is 2. The molecule has 0 aliphatic heterocycles. The number of hydrogen-bond donors (Lipinski definition) is 2. The lowest BCUT2D eigenvalue weighted by atomic mass is 10.0. The standard InChI is InChI=1S/C21H18BrN3O4S.C3H5ClO2/c1-24-16-9-15(22)20(26)14(10-25-8-7-23-12-25)18(16)19(21(27)28)17(24)11-30(29)13-5-3-2-4-6-13;1-2-6-3(4)5/h2-9,12,26H,10-11H2,1H3,(H,27,28);2H2,1H3. The minimum Gasteiger partial charge on any atom is -0.611 e. The summed E-state index contributed by atoms with van der Waals surface area (Å²) in [5, 5.41) is 21.2. The van der Waals surface area contributed by atoms with Gasteiger partial charge in [-0.2, -0.15) is 0 Å². The average Bonchev–Trinajstić information content (AvgIpc) is 3.44. The van der Waals surface area contributed by atoms with Crippen LogP contribution in [-0.4, -0.2) is 46.9 Å². The number of imidazole rings is 1. The molecule has 2 heterocycles. The number of nitrogens with zero attached hydrogens (tertiary/aromatic N) is 3. The molecule has 0 saturated carbocycles. The molecule has 9 nitrogen and oxygen atoms in total. The fraction of sp³-hybridized carbons (Fsp3) is 0.208. The molecule has 2 aromatic carbocycles. The van der Waals surface area contributed by atoms with Crippen molar-refractivity contribution >= 4 is 61.0 Å². The Morgan fingerprint density at radius 2 is 1.97 bits per heavy atom. The molecule has 0 radical (unpaired) electrons. The van der Waals surface area contributed by atoms with Crippen molar-refractivity contribution < 1.29 is 29.1 Å². The van der Waals surface area contributed by atoms with E-state index in [1.54, 1.807) is 72.2 Å². The number of fused-ring (bicyclic) bond motifs is 1. The number of carboxylic acid groups (broad SMARTS) is 1. The highest BCUT2D eigenvalue weighted by Gasteiger charge is 2.29. The van der Waals surface area contributed by atoms with Crippen LogP contribution < -0.4 is 0 Å². The van der Waals surface area contributed by atoms with Crippen molar-refractivity contribution in [2.75, 3.05) is 6.61 Å². The van der Waals surface area contributed by atoms with E-state index in [2.05, 4.69) is 25.7 Å². The predicted octanol–water partition coefficient (Wildman–Crippen LogP) is 5.28. The van der Waals surface area contributed by atoms with E-state index in [0.29, 0.717) is 38.1 Å². The van der Waals surface area contributed by atoms with Gasteiger partial charge in [-0.1, -0.05) is 18.2 Å². The number of hydrogen-bond acceptors (Lipinski definition) is 6. The van der Waals surface area contributed by atoms with E-state index in [4.69, 9.17) is 11.6 Å². The van der Waals surface area contributed by atoms with Crippen molar-refractivity contribution in [3.05, 3.63) is 76.4 Å². The molecule has 2 N–H and O–H groups in total. The van der Waals surface area contributed by atoms with Crippen molar-refractivity contribution in [2.24, 2.45) is 7.05 Å². The summed E-state index contributed by atoms with van der Waals surface area (Å²) in [6.45, 7) is 2.29. The predicted molar refractivity (Wildman–Crippen MR) is 140 cm³/mol. The first-order valence-electron chi connectivity index (χ1n) is 10.6.